The number of amides is 1. The molecule has 0 aliphatic heterocycles. The summed E-state index contributed by atoms with van der Waals surface area (Å²) in [5.74, 6) is -3.95. The van der Waals surface area contributed by atoms with Crippen molar-refractivity contribution in [3.05, 3.63) is 35.3 Å². The van der Waals surface area contributed by atoms with Crippen LogP contribution in [0.15, 0.2) is 30.3 Å². The van der Waals surface area contributed by atoms with Gasteiger partial charge < -0.3 is 9.64 Å². The maximum absolute atomic E-state index is 14.3. The number of hydrogen-bond acceptors (Lipinski definition) is 5. The van der Waals surface area contributed by atoms with Gasteiger partial charge in [-0.25, -0.2) is 13.2 Å². The fraction of sp³-hybridized carbons (Fsp3) is 0.500. The summed E-state index contributed by atoms with van der Waals surface area (Å²) in [6.45, 7) is 4.68. The van der Waals surface area contributed by atoms with Gasteiger partial charge >= 0.3 is 0 Å². The van der Waals surface area contributed by atoms with E-state index < -0.39 is 22.9 Å². The minimum absolute atomic E-state index is 0.00199. The molecule has 1 aromatic carbocycles. The molecule has 10 heteroatoms. The van der Waals surface area contributed by atoms with Crippen molar-refractivity contribution < 1.29 is 22.7 Å². The van der Waals surface area contributed by atoms with Crippen LogP contribution in [0.5, 0.6) is 5.19 Å². The zero-order valence-corrected chi connectivity index (χ0v) is 17.0. The molecule has 1 fully saturated rings. The zero-order chi connectivity index (χ0) is 20.7. The van der Waals surface area contributed by atoms with Crippen molar-refractivity contribution in [2.45, 2.75) is 49.7 Å². The van der Waals surface area contributed by atoms with Gasteiger partial charge in [-0.2, -0.15) is 0 Å². The highest BCUT2D eigenvalue weighted by molar-refractivity contribution is 7.13. The summed E-state index contributed by atoms with van der Waals surface area (Å²) in [7, 11) is 0. The first kappa shape index (κ1) is 20.9. The van der Waals surface area contributed by atoms with Gasteiger partial charge in [-0.3, -0.25) is 4.79 Å². The van der Waals surface area contributed by atoms with Crippen LogP contribution in [0.3, 0.4) is 0 Å². The summed E-state index contributed by atoms with van der Waals surface area (Å²) < 4.78 is 46.6. The van der Waals surface area contributed by atoms with E-state index in [1.54, 1.807) is 17.0 Å². The van der Waals surface area contributed by atoms with Crippen LogP contribution in [0.2, 0.25) is 0 Å². The Kier molecular flexibility index (Phi) is 5.35. The highest BCUT2D eigenvalue weighted by atomic mass is 35.5. The highest BCUT2D eigenvalue weighted by Gasteiger charge is 2.78. The van der Waals surface area contributed by atoms with Gasteiger partial charge in [-0.15, -0.1) is 10.2 Å². The van der Waals surface area contributed by atoms with Crippen LogP contribution >= 0.6 is 22.9 Å². The molecule has 28 heavy (non-hydrogen) atoms. The Hall–Kier alpha value is -1.87. The first-order chi connectivity index (χ1) is 13.0. The molecule has 5 nitrogen and oxygen atoms in total. The van der Waals surface area contributed by atoms with Gasteiger partial charge in [0.05, 0.1) is 5.41 Å². The molecule has 2 unspecified atom stereocenters. The van der Waals surface area contributed by atoms with E-state index >= 15 is 0 Å². The molecule has 0 saturated heterocycles. The van der Waals surface area contributed by atoms with Crippen molar-refractivity contribution >= 4 is 34.5 Å². The van der Waals surface area contributed by atoms with Gasteiger partial charge in [0.15, 0.2) is 6.61 Å². The molecule has 2 aromatic rings. The SMILES string of the molecule is CC(C)N(C(=O)COc1nnc(C2(C)CC(F)(F)C2(F)Cl)s1)c1ccccc1. The van der Waals surface area contributed by atoms with Crippen molar-refractivity contribution in [1.29, 1.82) is 0 Å². The average molecular weight is 434 g/mol. The van der Waals surface area contributed by atoms with E-state index in [1.165, 1.54) is 6.92 Å². The van der Waals surface area contributed by atoms with E-state index in [2.05, 4.69) is 10.2 Å². The third kappa shape index (κ3) is 3.34. The minimum atomic E-state index is -3.64. The summed E-state index contributed by atoms with van der Waals surface area (Å²) in [4.78, 5) is 14.2. The fourth-order valence-electron chi connectivity index (χ4n) is 3.18. The number of rotatable bonds is 6. The van der Waals surface area contributed by atoms with Crippen LogP contribution in [0.4, 0.5) is 18.9 Å². The Balaban J connectivity index is 1.69. The van der Waals surface area contributed by atoms with Crippen LogP contribution in [-0.4, -0.2) is 39.8 Å². The van der Waals surface area contributed by atoms with Crippen molar-refractivity contribution in [2.24, 2.45) is 0 Å². The van der Waals surface area contributed by atoms with Crippen molar-refractivity contribution in [2.75, 3.05) is 11.5 Å². The van der Waals surface area contributed by atoms with Gasteiger partial charge in [-0.05, 0) is 32.9 Å². The van der Waals surface area contributed by atoms with Gasteiger partial charge in [0, 0.05) is 18.2 Å². The zero-order valence-electron chi connectivity index (χ0n) is 15.5. The van der Waals surface area contributed by atoms with E-state index in [0.717, 1.165) is 17.0 Å². The number of halogens is 4. The second kappa shape index (κ2) is 7.18. The second-order valence-corrected chi connectivity index (χ2v) is 8.60. The Morgan fingerprint density at radius 3 is 2.46 bits per heavy atom. The molecule has 152 valence electrons. The van der Waals surface area contributed by atoms with Crippen molar-refractivity contribution in [1.82, 2.24) is 10.2 Å². The lowest BCUT2D eigenvalue weighted by molar-refractivity contribution is -0.217. The number of carbonyl (C=O) groups excluding carboxylic acids is 1. The number of alkyl halides is 4. The van der Waals surface area contributed by atoms with Crippen LogP contribution in [-0.2, 0) is 10.2 Å². The summed E-state index contributed by atoms with van der Waals surface area (Å²) in [6.07, 6.45) is -0.775. The lowest BCUT2D eigenvalue weighted by Crippen LogP contribution is -2.67. The molecule has 0 radical (unpaired) electrons. The molecule has 1 amide bonds. The summed E-state index contributed by atoms with van der Waals surface area (Å²) in [5, 5.41) is 4.23. The molecule has 1 saturated carbocycles. The molecule has 3 rings (SSSR count). The Morgan fingerprint density at radius 1 is 1.29 bits per heavy atom. The molecular weight excluding hydrogens is 415 g/mol. The van der Waals surface area contributed by atoms with Gasteiger partial charge in [0.25, 0.3) is 22.2 Å². The third-order valence-corrected chi connectivity index (χ3v) is 6.54. The van der Waals surface area contributed by atoms with Crippen LogP contribution < -0.4 is 9.64 Å². The Labute approximate surface area is 169 Å². The quantitative estimate of drug-likeness (QED) is 0.627. The molecule has 1 aliphatic rings. The molecule has 1 aromatic heterocycles. The monoisotopic (exact) mass is 433 g/mol. The number of carbonyl (C=O) groups is 1. The second-order valence-electron chi connectivity index (χ2n) is 7.14. The van der Waals surface area contributed by atoms with Crippen molar-refractivity contribution in [3.8, 4) is 5.19 Å². The summed E-state index contributed by atoms with van der Waals surface area (Å²) in [6, 6.07) is 8.99. The van der Waals surface area contributed by atoms with E-state index in [-0.39, 0.29) is 28.8 Å². The average Bonchev–Trinajstić information content (AvgIpc) is 3.09. The predicted octanol–water partition coefficient (Wildman–Crippen LogP) is 4.56. The molecule has 1 heterocycles. The molecule has 1 aliphatic carbocycles. The lowest BCUT2D eigenvalue weighted by atomic mass is 9.65. The smallest absolute Gasteiger partial charge is 0.297 e. The number of ether oxygens (including phenoxy) is 1. The van der Waals surface area contributed by atoms with E-state index in [1.807, 2.05) is 32.0 Å². The number of anilines is 1. The first-order valence-corrected chi connectivity index (χ1v) is 9.78. The fourth-order valence-corrected chi connectivity index (χ4v) is 4.34. The summed E-state index contributed by atoms with van der Waals surface area (Å²) >= 11 is 6.24. The van der Waals surface area contributed by atoms with Gasteiger partial charge in [0.1, 0.15) is 5.01 Å². The van der Waals surface area contributed by atoms with Crippen LogP contribution in [0.1, 0.15) is 32.2 Å². The minimum Gasteiger partial charge on any atom is -0.459 e. The first-order valence-electron chi connectivity index (χ1n) is 8.59. The number of aromatic nitrogens is 2. The van der Waals surface area contributed by atoms with E-state index in [4.69, 9.17) is 16.3 Å². The van der Waals surface area contributed by atoms with Crippen LogP contribution in [0, 0.1) is 0 Å². The van der Waals surface area contributed by atoms with Gasteiger partial charge in [0.2, 0.25) is 0 Å². The molecule has 2 atom stereocenters. The van der Waals surface area contributed by atoms with E-state index in [9.17, 15) is 18.0 Å². The molecular formula is C18H19ClF3N3O2S. The maximum atomic E-state index is 14.3. The number of nitrogens with zero attached hydrogens (tertiary/aromatic N) is 3. The van der Waals surface area contributed by atoms with Gasteiger partial charge in [-0.1, -0.05) is 41.1 Å². The van der Waals surface area contributed by atoms with Crippen molar-refractivity contribution in [3.63, 3.8) is 0 Å². The normalized spacial score (nSPS) is 26.0. The highest BCUT2D eigenvalue weighted by Crippen LogP contribution is 2.65. The molecule has 0 spiro atoms. The lowest BCUT2D eigenvalue weighted by Gasteiger charge is -2.52. The number of hydrogen-bond donors (Lipinski definition) is 0. The topological polar surface area (TPSA) is 55.3 Å². The van der Waals surface area contributed by atoms with E-state index in [0.29, 0.717) is 0 Å². The largest absolute Gasteiger partial charge is 0.459 e. The summed E-state index contributed by atoms with van der Waals surface area (Å²) in [5.41, 5.74) is -0.951. The maximum Gasteiger partial charge on any atom is 0.297 e. The third-order valence-electron chi connectivity index (χ3n) is 4.74. The molecule has 0 bridgehead atoms. The van der Waals surface area contributed by atoms with Crippen LogP contribution in [0.25, 0.3) is 0 Å². The number of para-hydroxylation sites is 1. The standard InChI is InChI=1S/C18H19ClF3N3O2S/c1-11(2)25(12-7-5-4-6-8-12)13(26)9-27-15-24-23-14(28-15)16(3)10-17(20,21)18(16,19)22/h4-8,11H,9-10H2,1-3H3. The Morgan fingerprint density at radius 2 is 1.93 bits per heavy atom. The molecule has 0 N–H and O–H groups in total. The Bertz CT molecular complexity index is 863. The predicted molar refractivity (Wildman–Crippen MR) is 101 cm³/mol. The number of benzene rings is 1.